The van der Waals surface area contributed by atoms with Gasteiger partial charge in [0.05, 0.1) is 6.54 Å². The van der Waals surface area contributed by atoms with Gasteiger partial charge in [0.15, 0.2) is 16.8 Å². The van der Waals surface area contributed by atoms with Gasteiger partial charge < -0.3 is 9.67 Å². The Morgan fingerprint density at radius 3 is 2.35 bits per heavy atom. The second kappa shape index (κ2) is 8.64. The Balaban J connectivity index is 1.98. The average Bonchev–Trinajstić information content (AvgIpc) is 3.17. The highest BCUT2D eigenvalue weighted by molar-refractivity contribution is 5.71. The minimum atomic E-state index is -3.04. The number of aryl methyl sites for hydroxylation is 1. The van der Waals surface area contributed by atoms with Crippen molar-refractivity contribution in [3.8, 4) is 0 Å². The highest BCUT2D eigenvalue weighted by atomic mass is 19.3. The Morgan fingerprint density at radius 1 is 1.06 bits per heavy atom. The van der Waals surface area contributed by atoms with Crippen LogP contribution in [0.2, 0.25) is 0 Å². The van der Waals surface area contributed by atoms with Gasteiger partial charge in [-0.1, -0.05) is 6.07 Å². The maximum absolute atomic E-state index is 16.1. The SMILES string of the molecule is Cn1c(=O)n(CCCO)c(=O)c2c1nc(C1(F)CCC(F)(F)CC1)n2Cc1ccc(F)cc1F. The summed E-state index contributed by atoms with van der Waals surface area (Å²) in [6.07, 6.45) is -2.55. The monoisotopic (exact) mass is 486 g/mol. The summed E-state index contributed by atoms with van der Waals surface area (Å²) in [4.78, 5) is 30.2. The number of aliphatic hydroxyl groups excluding tert-OH is 1. The molecule has 1 saturated carbocycles. The molecule has 0 bridgehead atoms. The molecule has 1 aromatic carbocycles. The van der Waals surface area contributed by atoms with Crippen molar-refractivity contribution < 1.29 is 27.1 Å². The van der Waals surface area contributed by atoms with Gasteiger partial charge in [-0.25, -0.2) is 31.7 Å². The van der Waals surface area contributed by atoms with Crippen molar-refractivity contribution in [3.63, 3.8) is 0 Å². The number of nitrogens with zero attached hydrogens (tertiary/aromatic N) is 4. The van der Waals surface area contributed by atoms with Crippen molar-refractivity contribution in [1.82, 2.24) is 18.7 Å². The van der Waals surface area contributed by atoms with Crippen LogP contribution in [0, 0.1) is 11.6 Å². The zero-order valence-corrected chi connectivity index (χ0v) is 18.3. The number of fused-ring (bicyclic) bond motifs is 1. The number of hydrogen-bond donors (Lipinski definition) is 1. The third-order valence-electron chi connectivity index (χ3n) is 6.29. The maximum atomic E-state index is 16.1. The number of aliphatic hydroxyl groups is 1. The summed E-state index contributed by atoms with van der Waals surface area (Å²) < 4.78 is 74.4. The summed E-state index contributed by atoms with van der Waals surface area (Å²) in [5.74, 6) is -5.18. The number of benzene rings is 1. The van der Waals surface area contributed by atoms with Gasteiger partial charge in [0.2, 0.25) is 5.92 Å². The Labute approximate surface area is 190 Å². The lowest BCUT2D eigenvalue weighted by atomic mass is 9.83. The first kappa shape index (κ1) is 24.1. The molecule has 12 heteroatoms. The summed E-state index contributed by atoms with van der Waals surface area (Å²) in [5.41, 5.74) is -4.41. The molecule has 0 saturated heterocycles. The Morgan fingerprint density at radius 2 is 1.74 bits per heavy atom. The number of aromatic nitrogens is 4. The van der Waals surface area contributed by atoms with E-state index in [-0.39, 0.29) is 42.1 Å². The predicted octanol–water partition coefficient (Wildman–Crippen LogP) is 2.98. The first-order valence-electron chi connectivity index (χ1n) is 10.8. The molecular formula is C22H23F5N4O3. The molecule has 0 spiro atoms. The van der Waals surface area contributed by atoms with Crippen molar-refractivity contribution >= 4 is 11.2 Å². The number of rotatable bonds is 6. The van der Waals surface area contributed by atoms with E-state index in [0.717, 1.165) is 25.8 Å². The minimum absolute atomic E-state index is 0.0816. The van der Waals surface area contributed by atoms with Crippen molar-refractivity contribution in [2.75, 3.05) is 6.61 Å². The first-order chi connectivity index (χ1) is 16.0. The van der Waals surface area contributed by atoms with Crippen molar-refractivity contribution in [1.29, 1.82) is 0 Å². The van der Waals surface area contributed by atoms with Gasteiger partial charge >= 0.3 is 5.69 Å². The van der Waals surface area contributed by atoms with Crippen LogP contribution in [-0.4, -0.2) is 36.3 Å². The van der Waals surface area contributed by atoms with Gasteiger partial charge in [-0.05, 0) is 25.3 Å². The van der Waals surface area contributed by atoms with Crippen LogP contribution in [0.25, 0.3) is 11.2 Å². The Kier molecular flexibility index (Phi) is 6.13. The molecule has 184 valence electrons. The zero-order valence-electron chi connectivity index (χ0n) is 18.3. The number of alkyl halides is 3. The summed E-state index contributed by atoms with van der Waals surface area (Å²) in [6.45, 7) is -0.857. The quantitative estimate of drug-likeness (QED) is 0.544. The van der Waals surface area contributed by atoms with Crippen molar-refractivity contribution in [3.05, 3.63) is 62.1 Å². The van der Waals surface area contributed by atoms with E-state index < -0.39 is 66.7 Å². The van der Waals surface area contributed by atoms with Crippen LogP contribution in [0.3, 0.4) is 0 Å². The first-order valence-corrected chi connectivity index (χ1v) is 10.8. The third-order valence-corrected chi connectivity index (χ3v) is 6.29. The van der Waals surface area contributed by atoms with E-state index in [4.69, 9.17) is 5.11 Å². The molecular weight excluding hydrogens is 463 g/mol. The van der Waals surface area contributed by atoms with E-state index in [1.165, 1.54) is 7.05 Å². The lowest BCUT2D eigenvalue weighted by Crippen LogP contribution is -2.40. The van der Waals surface area contributed by atoms with Crippen LogP contribution < -0.4 is 11.2 Å². The normalized spacial score (nSPS) is 17.4. The molecule has 1 N–H and O–H groups in total. The van der Waals surface area contributed by atoms with E-state index in [0.29, 0.717) is 6.07 Å². The van der Waals surface area contributed by atoms with Crippen LogP contribution in [0.1, 0.15) is 43.5 Å². The molecule has 0 unspecified atom stereocenters. The predicted molar refractivity (Wildman–Crippen MR) is 113 cm³/mol. The molecule has 3 aromatic rings. The number of halogens is 5. The molecule has 1 fully saturated rings. The number of hydrogen-bond acceptors (Lipinski definition) is 4. The molecule has 7 nitrogen and oxygen atoms in total. The smallest absolute Gasteiger partial charge is 0.332 e. The van der Waals surface area contributed by atoms with Gasteiger partial charge in [-0.15, -0.1) is 0 Å². The van der Waals surface area contributed by atoms with Gasteiger partial charge in [0.1, 0.15) is 17.5 Å². The van der Waals surface area contributed by atoms with E-state index in [1.54, 1.807) is 0 Å². The molecule has 1 aliphatic rings. The molecule has 0 atom stereocenters. The van der Waals surface area contributed by atoms with Gasteiger partial charge in [-0.2, -0.15) is 0 Å². The largest absolute Gasteiger partial charge is 0.396 e. The van der Waals surface area contributed by atoms with E-state index in [1.807, 2.05) is 0 Å². The van der Waals surface area contributed by atoms with E-state index in [9.17, 15) is 27.2 Å². The summed E-state index contributed by atoms with van der Waals surface area (Å²) in [6, 6.07) is 2.76. The standard InChI is InChI=1S/C22H23F5N4O3/c1-29-17-16(18(33)30(20(29)34)9-2-10-32)31(12-13-3-4-14(23)11-15(13)24)19(28-17)21(25)5-7-22(26,27)8-6-21/h3-4,11,32H,2,5-10,12H2,1H3. The molecule has 34 heavy (non-hydrogen) atoms. The number of imidazole rings is 1. The van der Waals surface area contributed by atoms with Crippen LogP contribution in [0.5, 0.6) is 0 Å². The summed E-state index contributed by atoms with van der Waals surface area (Å²) in [7, 11) is 1.32. The fraction of sp³-hybridized carbons (Fsp3) is 0.500. The molecule has 0 amide bonds. The van der Waals surface area contributed by atoms with Crippen LogP contribution in [-0.2, 0) is 25.8 Å². The third kappa shape index (κ3) is 4.15. The van der Waals surface area contributed by atoms with Gasteiger partial charge in [0, 0.05) is 44.7 Å². The lowest BCUT2D eigenvalue weighted by Gasteiger charge is -2.33. The Hall–Kier alpha value is -3.02. The van der Waals surface area contributed by atoms with Gasteiger partial charge in [-0.3, -0.25) is 13.9 Å². The Bertz CT molecular complexity index is 1350. The van der Waals surface area contributed by atoms with Crippen molar-refractivity contribution in [2.45, 2.75) is 56.8 Å². The van der Waals surface area contributed by atoms with E-state index in [2.05, 4.69) is 4.98 Å². The maximum Gasteiger partial charge on any atom is 0.332 e. The summed E-state index contributed by atoms with van der Waals surface area (Å²) >= 11 is 0. The molecule has 1 aliphatic carbocycles. The lowest BCUT2D eigenvalue weighted by molar-refractivity contribution is -0.0803. The van der Waals surface area contributed by atoms with Crippen LogP contribution in [0.15, 0.2) is 27.8 Å². The molecule has 2 aromatic heterocycles. The second-order valence-corrected chi connectivity index (χ2v) is 8.63. The fourth-order valence-electron chi connectivity index (χ4n) is 4.35. The van der Waals surface area contributed by atoms with Crippen LogP contribution in [0.4, 0.5) is 22.0 Å². The minimum Gasteiger partial charge on any atom is -0.396 e. The summed E-state index contributed by atoms with van der Waals surface area (Å²) in [5, 5.41) is 9.12. The molecule has 0 aliphatic heterocycles. The van der Waals surface area contributed by atoms with Crippen LogP contribution >= 0.6 is 0 Å². The van der Waals surface area contributed by atoms with E-state index >= 15 is 4.39 Å². The molecule has 0 radical (unpaired) electrons. The highest BCUT2D eigenvalue weighted by Gasteiger charge is 2.48. The van der Waals surface area contributed by atoms with Crippen molar-refractivity contribution in [2.24, 2.45) is 7.05 Å². The molecule has 4 rings (SSSR count). The average molecular weight is 486 g/mol. The second-order valence-electron chi connectivity index (χ2n) is 8.63. The molecule has 2 heterocycles. The zero-order chi connectivity index (χ0) is 24.8. The topological polar surface area (TPSA) is 82.0 Å². The van der Waals surface area contributed by atoms with Gasteiger partial charge in [0.25, 0.3) is 5.56 Å². The fourth-order valence-corrected chi connectivity index (χ4v) is 4.35. The highest BCUT2D eigenvalue weighted by Crippen LogP contribution is 2.46.